The highest BCUT2D eigenvalue weighted by molar-refractivity contribution is 7.10. The van der Waals surface area contributed by atoms with Crippen molar-refractivity contribution in [1.29, 1.82) is 0 Å². The normalized spacial score (nSPS) is 15.5. The second-order valence-corrected chi connectivity index (χ2v) is 5.48. The van der Waals surface area contributed by atoms with Crippen LogP contribution in [0.4, 0.5) is 0 Å². The predicted octanol–water partition coefficient (Wildman–Crippen LogP) is 4.17. The summed E-state index contributed by atoms with van der Waals surface area (Å²) >= 11 is 1.80. The number of rotatable bonds is 2. The van der Waals surface area contributed by atoms with E-state index in [9.17, 15) is 0 Å². The van der Waals surface area contributed by atoms with E-state index in [0.29, 0.717) is 0 Å². The summed E-state index contributed by atoms with van der Waals surface area (Å²) in [4.78, 5) is 8.07. The maximum atomic E-state index is 4.76. The van der Waals surface area contributed by atoms with Crippen LogP contribution in [-0.2, 0) is 0 Å². The van der Waals surface area contributed by atoms with Crippen molar-refractivity contribution in [2.24, 2.45) is 0 Å². The Morgan fingerprint density at radius 2 is 2.12 bits per heavy atom. The van der Waals surface area contributed by atoms with E-state index in [2.05, 4.69) is 40.8 Å². The van der Waals surface area contributed by atoms with Crippen LogP contribution in [-0.4, -0.2) is 9.97 Å². The molecule has 0 atom stereocenters. The fourth-order valence-electron chi connectivity index (χ4n) is 2.21. The number of benzene rings is 1. The van der Waals surface area contributed by atoms with Gasteiger partial charge in [-0.25, -0.2) is 4.98 Å². The molecule has 1 aliphatic carbocycles. The molecule has 17 heavy (non-hydrogen) atoms. The first-order chi connectivity index (χ1) is 8.42. The molecule has 0 unspecified atom stereocenters. The summed E-state index contributed by atoms with van der Waals surface area (Å²) in [6.07, 6.45) is 4.71. The Bertz CT molecular complexity index is 676. The lowest BCUT2D eigenvalue weighted by molar-refractivity contribution is 1.09. The molecular weight excluding hydrogens is 228 g/mol. The van der Waals surface area contributed by atoms with E-state index in [-0.39, 0.29) is 0 Å². The maximum Gasteiger partial charge on any atom is 0.0963 e. The van der Waals surface area contributed by atoms with Crippen molar-refractivity contribution in [2.75, 3.05) is 0 Å². The van der Waals surface area contributed by atoms with Crippen LogP contribution in [0.3, 0.4) is 0 Å². The predicted molar refractivity (Wildman–Crippen MR) is 71.4 cm³/mol. The molecule has 0 spiro atoms. The molecular formula is C14H12N2S. The van der Waals surface area contributed by atoms with Gasteiger partial charge in [-0.05, 0) is 18.9 Å². The van der Waals surface area contributed by atoms with Gasteiger partial charge in [0.15, 0.2) is 0 Å². The summed E-state index contributed by atoms with van der Waals surface area (Å²) in [5.74, 6) is 0.749. The van der Waals surface area contributed by atoms with Crippen molar-refractivity contribution >= 4 is 22.2 Å². The van der Waals surface area contributed by atoms with Crippen LogP contribution in [0, 0.1) is 0 Å². The van der Waals surface area contributed by atoms with Crippen LogP contribution in [0.1, 0.15) is 23.8 Å². The third kappa shape index (κ3) is 1.50. The number of nitrogens with zero attached hydrogens (tertiary/aromatic N) is 1. The minimum absolute atomic E-state index is 0.749. The molecule has 1 aliphatic rings. The van der Waals surface area contributed by atoms with Gasteiger partial charge in [0.2, 0.25) is 0 Å². The summed E-state index contributed by atoms with van der Waals surface area (Å²) in [6, 6.07) is 8.39. The molecule has 2 heterocycles. The fourth-order valence-corrected chi connectivity index (χ4v) is 3.20. The Morgan fingerprint density at radius 3 is 3.00 bits per heavy atom. The lowest BCUT2D eigenvalue weighted by atomic mass is 10.1. The first kappa shape index (κ1) is 9.42. The van der Waals surface area contributed by atoms with Crippen molar-refractivity contribution < 1.29 is 0 Å². The standard InChI is InChI=1S/C14H12N2S/c1-2-4-12-10(3-1)11(7-15-12)13-8-17-14(16-13)9-5-6-9/h1-4,7-9,15H,5-6H2. The molecule has 0 saturated heterocycles. The summed E-state index contributed by atoms with van der Waals surface area (Å²) in [6.45, 7) is 0. The Balaban J connectivity index is 1.86. The Hall–Kier alpha value is -1.61. The van der Waals surface area contributed by atoms with Crippen molar-refractivity contribution in [3.8, 4) is 11.3 Å². The minimum Gasteiger partial charge on any atom is -0.360 e. The van der Waals surface area contributed by atoms with Crippen LogP contribution in [0.25, 0.3) is 22.2 Å². The van der Waals surface area contributed by atoms with Gasteiger partial charge in [-0.2, -0.15) is 0 Å². The number of H-pyrrole nitrogens is 1. The number of aromatic amines is 1. The number of fused-ring (bicyclic) bond motifs is 1. The summed E-state index contributed by atoms with van der Waals surface area (Å²) in [5, 5.41) is 4.76. The molecule has 1 N–H and O–H groups in total. The van der Waals surface area contributed by atoms with Crippen LogP contribution in [0.5, 0.6) is 0 Å². The lowest BCUT2D eigenvalue weighted by Gasteiger charge is -1.93. The Morgan fingerprint density at radius 1 is 1.24 bits per heavy atom. The number of aromatic nitrogens is 2. The van der Waals surface area contributed by atoms with Crippen molar-refractivity contribution in [1.82, 2.24) is 9.97 Å². The fraction of sp³-hybridized carbons (Fsp3) is 0.214. The first-order valence-corrected chi connectivity index (χ1v) is 6.82. The summed E-state index contributed by atoms with van der Waals surface area (Å²) in [5.41, 5.74) is 3.53. The summed E-state index contributed by atoms with van der Waals surface area (Å²) in [7, 11) is 0. The second kappa shape index (κ2) is 3.44. The van der Waals surface area contributed by atoms with Gasteiger partial charge in [-0.3, -0.25) is 0 Å². The van der Waals surface area contributed by atoms with E-state index in [0.717, 1.165) is 11.6 Å². The molecule has 4 rings (SSSR count). The number of para-hydroxylation sites is 1. The number of hydrogen-bond donors (Lipinski definition) is 1. The molecule has 2 nitrogen and oxygen atoms in total. The zero-order chi connectivity index (χ0) is 11.2. The lowest BCUT2D eigenvalue weighted by Crippen LogP contribution is -1.78. The topological polar surface area (TPSA) is 28.7 Å². The highest BCUT2D eigenvalue weighted by atomic mass is 32.1. The van der Waals surface area contributed by atoms with E-state index in [1.165, 1.54) is 34.3 Å². The van der Waals surface area contributed by atoms with E-state index in [1.807, 2.05) is 0 Å². The van der Waals surface area contributed by atoms with Crippen LogP contribution in [0.2, 0.25) is 0 Å². The largest absolute Gasteiger partial charge is 0.360 e. The molecule has 0 bridgehead atoms. The molecule has 1 fully saturated rings. The van der Waals surface area contributed by atoms with Gasteiger partial charge in [0.05, 0.1) is 10.7 Å². The Kier molecular flexibility index (Phi) is 1.91. The second-order valence-electron chi connectivity index (χ2n) is 4.59. The highest BCUT2D eigenvalue weighted by Crippen LogP contribution is 2.42. The molecule has 0 aliphatic heterocycles. The van der Waals surface area contributed by atoms with Crippen LogP contribution in [0.15, 0.2) is 35.8 Å². The molecule has 3 aromatic rings. The molecule has 2 aromatic heterocycles. The minimum atomic E-state index is 0.749. The van der Waals surface area contributed by atoms with Crippen molar-refractivity contribution in [2.45, 2.75) is 18.8 Å². The molecule has 1 saturated carbocycles. The summed E-state index contributed by atoms with van der Waals surface area (Å²) < 4.78 is 0. The highest BCUT2D eigenvalue weighted by Gasteiger charge is 2.26. The van der Waals surface area contributed by atoms with Crippen molar-refractivity contribution in [3.63, 3.8) is 0 Å². The zero-order valence-corrected chi connectivity index (χ0v) is 10.1. The maximum absolute atomic E-state index is 4.76. The van der Waals surface area contributed by atoms with Gasteiger partial charge in [0, 0.05) is 34.0 Å². The van der Waals surface area contributed by atoms with Gasteiger partial charge in [-0.15, -0.1) is 11.3 Å². The van der Waals surface area contributed by atoms with Gasteiger partial charge >= 0.3 is 0 Å². The zero-order valence-electron chi connectivity index (χ0n) is 9.31. The average Bonchev–Trinajstić information content (AvgIpc) is 2.95. The average molecular weight is 240 g/mol. The van der Waals surface area contributed by atoms with E-state index in [1.54, 1.807) is 11.3 Å². The molecule has 0 radical (unpaired) electrons. The third-order valence-electron chi connectivity index (χ3n) is 3.31. The molecule has 3 heteroatoms. The molecule has 84 valence electrons. The molecule has 0 amide bonds. The van der Waals surface area contributed by atoms with E-state index < -0.39 is 0 Å². The third-order valence-corrected chi connectivity index (χ3v) is 4.32. The first-order valence-electron chi connectivity index (χ1n) is 5.94. The van der Waals surface area contributed by atoms with Crippen LogP contribution < -0.4 is 0 Å². The van der Waals surface area contributed by atoms with Crippen LogP contribution >= 0.6 is 11.3 Å². The number of nitrogens with one attached hydrogen (secondary N) is 1. The monoisotopic (exact) mass is 240 g/mol. The Labute approximate surface area is 103 Å². The van der Waals surface area contributed by atoms with E-state index >= 15 is 0 Å². The quantitative estimate of drug-likeness (QED) is 0.715. The molecule has 1 aromatic carbocycles. The SMILES string of the molecule is c1ccc2c(-c3csc(C4CC4)n3)c[nH]c2c1. The van der Waals surface area contributed by atoms with E-state index in [4.69, 9.17) is 4.98 Å². The number of hydrogen-bond acceptors (Lipinski definition) is 2. The van der Waals surface area contributed by atoms with Gasteiger partial charge < -0.3 is 4.98 Å². The number of thiazole rings is 1. The van der Waals surface area contributed by atoms with Gasteiger partial charge in [0.1, 0.15) is 0 Å². The van der Waals surface area contributed by atoms with Crippen molar-refractivity contribution in [3.05, 3.63) is 40.8 Å². The van der Waals surface area contributed by atoms with Gasteiger partial charge in [-0.1, -0.05) is 18.2 Å². The van der Waals surface area contributed by atoms with Gasteiger partial charge in [0.25, 0.3) is 0 Å². The smallest absolute Gasteiger partial charge is 0.0963 e.